The van der Waals surface area contributed by atoms with Gasteiger partial charge in [-0.2, -0.15) is 9.90 Å². The van der Waals surface area contributed by atoms with Gasteiger partial charge < -0.3 is 11.5 Å². The number of carbonyl (C=O) groups is 2. The molecule has 0 spiro atoms. The smallest absolute Gasteiger partial charge is 0.268 e. The van der Waals surface area contributed by atoms with Gasteiger partial charge in [0.1, 0.15) is 12.2 Å². The molecule has 11 nitrogen and oxygen atoms in total. The second-order valence-corrected chi connectivity index (χ2v) is 9.06. The first kappa shape index (κ1) is 22.9. The molecule has 1 saturated carbocycles. The Bertz CT molecular complexity index is 1490. The van der Waals surface area contributed by atoms with Crippen molar-refractivity contribution < 1.29 is 9.59 Å². The topological polar surface area (TPSA) is 160 Å². The van der Waals surface area contributed by atoms with E-state index in [0.717, 1.165) is 12.8 Å². The first-order valence-corrected chi connectivity index (χ1v) is 11.4. The lowest BCUT2D eigenvalue weighted by atomic mass is 9.92. The van der Waals surface area contributed by atoms with Crippen LogP contribution in [0.2, 0.25) is 10.0 Å². The number of tetrazole rings is 1. The summed E-state index contributed by atoms with van der Waals surface area (Å²) in [7, 11) is 0. The number of carbonyl (C=O) groups excluding carboxylic acids is 2. The number of aryl methyl sites for hydroxylation is 1. The van der Waals surface area contributed by atoms with Crippen LogP contribution in [0.25, 0.3) is 16.9 Å². The summed E-state index contributed by atoms with van der Waals surface area (Å²) in [4.78, 5) is 30.9. The number of nitrogens with two attached hydrogens (primary N) is 2. The molecule has 4 aromatic rings. The Morgan fingerprint density at radius 1 is 1.11 bits per heavy atom. The van der Waals surface area contributed by atoms with Gasteiger partial charge in [0, 0.05) is 33.8 Å². The molecule has 2 amide bonds. The van der Waals surface area contributed by atoms with E-state index in [4.69, 9.17) is 34.7 Å². The Kier molecular flexibility index (Phi) is 5.73. The minimum Gasteiger partial charge on any atom is -0.366 e. The summed E-state index contributed by atoms with van der Waals surface area (Å²) in [6.07, 6.45) is 3.54. The molecular formula is C22H19Cl2N9O2. The minimum absolute atomic E-state index is 0.0314. The zero-order valence-electron chi connectivity index (χ0n) is 18.4. The van der Waals surface area contributed by atoms with Crippen molar-refractivity contribution in [3.8, 4) is 16.9 Å². The predicted molar refractivity (Wildman–Crippen MR) is 127 cm³/mol. The lowest BCUT2D eigenvalue weighted by Crippen LogP contribution is -2.20. The van der Waals surface area contributed by atoms with Crippen LogP contribution >= 0.6 is 23.2 Å². The number of hydrogen-bond acceptors (Lipinski definition) is 7. The fourth-order valence-electron chi connectivity index (χ4n) is 3.98. The lowest BCUT2D eigenvalue weighted by Gasteiger charge is -2.13. The van der Waals surface area contributed by atoms with Crippen molar-refractivity contribution in [1.29, 1.82) is 0 Å². The van der Waals surface area contributed by atoms with Crippen molar-refractivity contribution >= 4 is 35.0 Å². The molecule has 0 bridgehead atoms. The third kappa shape index (κ3) is 4.24. The molecule has 0 radical (unpaired) electrons. The van der Waals surface area contributed by atoms with Crippen molar-refractivity contribution in [2.45, 2.75) is 32.2 Å². The number of nitrogens with zero attached hydrogens (tertiary/aromatic N) is 7. The van der Waals surface area contributed by atoms with Gasteiger partial charge >= 0.3 is 0 Å². The molecule has 0 atom stereocenters. The SMILES string of the molecule is Cc1cc(Cl)cc(C(N)=O)c1-c1c(Cn2nnc(C3CC3)n2)nn(-c2ncccc2Cl)c1C(N)=O. The zero-order valence-corrected chi connectivity index (χ0v) is 20.0. The Morgan fingerprint density at radius 3 is 2.54 bits per heavy atom. The van der Waals surface area contributed by atoms with Crippen molar-refractivity contribution in [2.24, 2.45) is 11.5 Å². The van der Waals surface area contributed by atoms with Crippen LogP contribution in [0.5, 0.6) is 0 Å². The van der Waals surface area contributed by atoms with Gasteiger partial charge in [0.25, 0.3) is 5.91 Å². The molecule has 35 heavy (non-hydrogen) atoms. The first-order valence-electron chi connectivity index (χ1n) is 10.6. The maximum Gasteiger partial charge on any atom is 0.268 e. The molecule has 1 aliphatic rings. The molecule has 0 saturated heterocycles. The second kappa shape index (κ2) is 8.75. The number of hydrogen-bond donors (Lipinski definition) is 2. The van der Waals surface area contributed by atoms with Crippen molar-refractivity contribution in [2.75, 3.05) is 0 Å². The number of benzene rings is 1. The average molecular weight is 512 g/mol. The summed E-state index contributed by atoms with van der Waals surface area (Å²) in [5, 5.41) is 17.9. The van der Waals surface area contributed by atoms with E-state index < -0.39 is 11.8 Å². The quantitative estimate of drug-likeness (QED) is 0.385. The number of rotatable bonds is 7. The summed E-state index contributed by atoms with van der Waals surface area (Å²) in [5.74, 6) is -0.405. The Labute approximate surface area is 209 Å². The third-order valence-electron chi connectivity index (χ3n) is 5.65. The standard InChI is InChI=1S/C22H19Cl2N9O2/c1-10-7-12(23)8-13(19(25)34)16(10)17-15(9-32-30-21(28-31-32)11-4-5-11)29-33(18(17)20(26)35)22-14(24)3-2-6-27-22/h2-3,6-8,11H,4-5,9H2,1H3,(H2,25,34)(H2,26,35). The van der Waals surface area contributed by atoms with E-state index in [-0.39, 0.29) is 34.2 Å². The Hall–Kier alpha value is -3.83. The molecule has 1 aromatic carbocycles. The molecule has 13 heteroatoms. The highest BCUT2D eigenvalue weighted by molar-refractivity contribution is 6.32. The number of amides is 2. The van der Waals surface area contributed by atoms with Gasteiger partial charge in [-0.05, 0) is 54.8 Å². The highest BCUT2D eigenvalue weighted by Gasteiger charge is 2.31. The highest BCUT2D eigenvalue weighted by atomic mass is 35.5. The monoisotopic (exact) mass is 511 g/mol. The van der Waals surface area contributed by atoms with Gasteiger partial charge in [0.2, 0.25) is 5.91 Å². The highest BCUT2D eigenvalue weighted by Crippen LogP contribution is 2.38. The largest absolute Gasteiger partial charge is 0.366 e. The molecule has 3 aromatic heterocycles. The third-order valence-corrected chi connectivity index (χ3v) is 6.16. The van der Waals surface area contributed by atoms with E-state index >= 15 is 0 Å². The molecular weight excluding hydrogens is 493 g/mol. The maximum absolute atomic E-state index is 12.8. The van der Waals surface area contributed by atoms with Crippen LogP contribution in [0.4, 0.5) is 0 Å². The average Bonchev–Trinajstić information content (AvgIpc) is 3.43. The van der Waals surface area contributed by atoms with Gasteiger partial charge in [0.15, 0.2) is 11.6 Å². The fourth-order valence-corrected chi connectivity index (χ4v) is 4.46. The summed E-state index contributed by atoms with van der Waals surface area (Å²) in [6.45, 7) is 1.78. The van der Waals surface area contributed by atoms with Crippen LogP contribution < -0.4 is 11.5 Å². The van der Waals surface area contributed by atoms with Crippen molar-refractivity contribution in [3.63, 3.8) is 0 Å². The molecule has 5 rings (SSSR count). The van der Waals surface area contributed by atoms with E-state index in [0.29, 0.717) is 33.6 Å². The van der Waals surface area contributed by atoms with Gasteiger partial charge in [-0.1, -0.05) is 23.2 Å². The van der Waals surface area contributed by atoms with E-state index in [1.807, 2.05) is 0 Å². The molecule has 1 aliphatic carbocycles. The summed E-state index contributed by atoms with van der Waals surface area (Å²) < 4.78 is 1.26. The first-order chi connectivity index (χ1) is 16.7. The van der Waals surface area contributed by atoms with Crippen LogP contribution in [0.15, 0.2) is 30.5 Å². The van der Waals surface area contributed by atoms with Crippen LogP contribution in [0.1, 0.15) is 56.7 Å². The molecule has 178 valence electrons. The van der Waals surface area contributed by atoms with Gasteiger partial charge in [0.05, 0.1) is 10.7 Å². The Balaban J connectivity index is 1.79. The van der Waals surface area contributed by atoms with Gasteiger partial charge in [-0.15, -0.1) is 10.2 Å². The summed E-state index contributed by atoms with van der Waals surface area (Å²) in [5.41, 5.74) is 13.2. The predicted octanol–water partition coefficient (Wildman–Crippen LogP) is 2.66. The minimum atomic E-state index is -0.810. The van der Waals surface area contributed by atoms with Crippen LogP contribution in [-0.2, 0) is 6.54 Å². The Morgan fingerprint density at radius 2 is 1.89 bits per heavy atom. The number of halogens is 2. The normalized spacial score (nSPS) is 13.2. The van der Waals surface area contributed by atoms with E-state index in [1.54, 1.807) is 25.1 Å². The lowest BCUT2D eigenvalue weighted by molar-refractivity contribution is 0.0986. The maximum atomic E-state index is 12.8. The van der Waals surface area contributed by atoms with Gasteiger partial charge in [-0.3, -0.25) is 9.59 Å². The zero-order chi connectivity index (χ0) is 24.9. The molecule has 1 fully saturated rings. The van der Waals surface area contributed by atoms with E-state index in [2.05, 4.69) is 25.5 Å². The second-order valence-electron chi connectivity index (χ2n) is 8.22. The van der Waals surface area contributed by atoms with Gasteiger partial charge in [-0.25, -0.2) is 9.67 Å². The summed E-state index contributed by atoms with van der Waals surface area (Å²) in [6, 6.07) is 6.35. The number of aromatic nitrogens is 7. The summed E-state index contributed by atoms with van der Waals surface area (Å²) >= 11 is 12.6. The number of pyridine rings is 1. The van der Waals surface area contributed by atoms with E-state index in [9.17, 15) is 9.59 Å². The fraction of sp³-hybridized carbons (Fsp3) is 0.227. The molecule has 3 heterocycles. The molecule has 4 N–H and O–H groups in total. The van der Waals surface area contributed by atoms with Crippen molar-refractivity contribution in [3.05, 3.63) is 68.8 Å². The van der Waals surface area contributed by atoms with Crippen molar-refractivity contribution in [1.82, 2.24) is 35.0 Å². The molecule has 0 unspecified atom stereocenters. The van der Waals surface area contributed by atoms with E-state index in [1.165, 1.54) is 21.7 Å². The van der Waals surface area contributed by atoms with Crippen LogP contribution in [0.3, 0.4) is 0 Å². The molecule has 0 aliphatic heterocycles. The van der Waals surface area contributed by atoms with Crippen LogP contribution in [0, 0.1) is 6.92 Å². The number of primary amides is 2. The van der Waals surface area contributed by atoms with Crippen LogP contribution in [-0.4, -0.2) is 46.8 Å².